The van der Waals surface area contributed by atoms with E-state index in [0.29, 0.717) is 18.2 Å². The van der Waals surface area contributed by atoms with Gasteiger partial charge in [-0.1, -0.05) is 30.3 Å². The number of benzene rings is 1. The highest BCUT2D eigenvalue weighted by Crippen LogP contribution is 2.37. The Labute approximate surface area is 111 Å². The van der Waals surface area contributed by atoms with Gasteiger partial charge >= 0.3 is 0 Å². The zero-order valence-electron chi connectivity index (χ0n) is 10.5. The molecule has 0 aliphatic heterocycles. The smallest absolute Gasteiger partial charge is 0.197 e. The predicted octanol–water partition coefficient (Wildman–Crippen LogP) is 3.30. The molecule has 0 aliphatic carbocycles. The van der Waals surface area contributed by atoms with Crippen molar-refractivity contribution in [2.75, 3.05) is 17.7 Å². The van der Waals surface area contributed by atoms with Gasteiger partial charge in [-0.05, 0) is 30.9 Å². The van der Waals surface area contributed by atoms with E-state index in [0.717, 1.165) is 5.00 Å². The van der Waals surface area contributed by atoms with Gasteiger partial charge in [0.05, 0.1) is 6.61 Å². The van der Waals surface area contributed by atoms with E-state index in [1.54, 1.807) is 0 Å². The molecule has 0 spiro atoms. The lowest BCUT2D eigenvalue weighted by atomic mass is 10.1. The second-order valence-electron chi connectivity index (χ2n) is 3.94. The predicted molar refractivity (Wildman–Crippen MR) is 76.2 cm³/mol. The number of anilines is 2. The van der Waals surface area contributed by atoms with Crippen molar-refractivity contribution in [3.63, 3.8) is 0 Å². The van der Waals surface area contributed by atoms with Crippen molar-refractivity contribution < 1.29 is 4.74 Å². The maximum absolute atomic E-state index is 5.78. The van der Waals surface area contributed by atoms with Crippen LogP contribution in [0.2, 0.25) is 0 Å². The van der Waals surface area contributed by atoms with Gasteiger partial charge in [0.1, 0.15) is 0 Å². The Morgan fingerprint density at radius 2 is 2.11 bits per heavy atom. The molecule has 1 heterocycles. The molecule has 1 unspecified atom stereocenters. The van der Waals surface area contributed by atoms with Crippen molar-refractivity contribution in [2.24, 2.45) is 0 Å². The average Bonchev–Trinajstić information content (AvgIpc) is 2.73. The summed E-state index contributed by atoms with van der Waals surface area (Å²) in [5, 5.41) is 4.26. The minimum atomic E-state index is 0.185. The van der Waals surface area contributed by atoms with E-state index in [4.69, 9.17) is 10.5 Å². The summed E-state index contributed by atoms with van der Waals surface area (Å²) in [5.41, 5.74) is 6.99. The molecule has 1 aromatic carbocycles. The number of ether oxygens (including phenoxy) is 1. The lowest BCUT2D eigenvalue weighted by Crippen LogP contribution is -2.06. The molecule has 3 N–H and O–H groups in total. The molecule has 0 saturated carbocycles. The van der Waals surface area contributed by atoms with Crippen LogP contribution in [-0.4, -0.2) is 11.0 Å². The number of rotatable bonds is 5. The Kier molecular flexibility index (Phi) is 4.04. The molecule has 0 bridgehead atoms. The van der Waals surface area contributed by atoms with Crippen molar-refractivity contribution in [3.8, 4) is 5.75 Å². The van der Waals surface area contributed by atoms with Gasteiger partial charge in [-0.2, -0.15) is 4.37 Å². The largest absolute Gasteiger partial charge is 0.487 e. The number of hydrogen-bond acceptors (Lipinski definition) is 5. The molecule has 0 radical (unpaired) electrons. The third-order valence-corrected chi connectivity index (χ3v) is 3.38. The third kappa shape index (κ3) is 2.73. The maximum Gasteiger partial charge on any atom is 0.197 e. The van der Waals surface area contributed by atoms with Crippen molar-refractivity contribution in [1.29, 1.82) is 0 Å². The van der Waals surface area contributed by atoms with Crippen LogP contribution in [0.5, 0.6) is 5.75 Å². The van der Waals surface area contributed by atoms with Crippen molar-refractivity contribution >= 4 is 22.4 Å². The number of hydrogen-bond donors (Lipinski definition) is 2. The van der Waals surface area contributed by atoms with Crippen LogP contribution in [0.1, 0.15) is 25.5 Å². The second-order valence-corrected chi connectivity index (χ2v) is 4.71. The summed E-state index contributed by atoms with van der Waals surface area (Å²) in [7, 11) is 0. The first-order valence-electron chi connectivity index (χ1n) is 5.91. The molecule has 1 aromatic heterocycles. The number of nitrogens with one attached hydrogen (secondary N) is 1. The molecule has 1 atom stereocenters. The van der Waals surface area contributed by atoms with Gasteiger partial charge in [-0.15, -0.1) is 0 Å². The van der Waals surface area contributed by atoms with E-state index in [1.165, 1.54) is 17.1 Å². The lowest BCUT2D eigenvalue weighted by Gasteiger charge is -2.15. The first-order valence-corrected chi connectivity index (χ1v) is 6.69. The zero-order chi connectivity index (χ0) is 13.0. The highest BCUT2D eigenvalue weighted by molar-refractivity contribution is 7.11. The summed E-state index contributed by atoms with van der Waals surface area (Å²) >= 11 is 1.33. The lowest BCUT2D eigenvalue weighted by molar-refractivity contribution is 0.344. The van der Waals surface area contributed by atoms with Gasteiger partial charge < -0.3 is 15.8 Å². The first kappa shape index (κ1) is 12.7. The van der Waals surface area contributed by atoms with Crippen molar-refractivity contribution in [2.45, 2.75) is 19.9 Å². The molecule has 4 nitrogen and oxygen atoms in total. The highest BCUT2D eigenvalue weighted by atomic mass is 32.1. The van der Waals surface area contributed by atoms with E-state index in [2.05, 4.69) is 28.7 Å². The Morgan fingerprint density at radius 1 is 1.39 bits per heavy atom. The standard InChI is InChI=1S/C13H17N3OS/c1-3-17-11-12(14)16-18-13(11)15-9(2)10-7-5-4-6-8-10/h4-9,15H,3H2,1-2H3,(H2,14,16). The fourth-order valence-corrected chi connectivity index (χ4v) is 2.44. The van der Waals surface area contributed by atoms with Gasteiger partial charge in [0.2, 0.25) is 0 Å². The van der Waals surface area contributed by atoms with Gasteiger partial charge in [0.25, 0.3) is 0 Å². The quantitative estimate of drug-likeness (QED) is 0.869. The minimum absolute atomic E-state index is 0.185. The summed E-state index contributed by atoms with van der Waals surface area (Å²) < 4.78 is 9.62. The SMILES string of the molecule is CCOc1c(N)nsc1NC(C)c1ccccc1. The van der Waals surface area contributed by atoms with E-state index in [1.807, 2.05) is 25.1 Å². The third-order valence-electron chi connectivity index (χ3n) is 2.61. The number of aromatic nitrogens is 1. The van der Waals surface area contributed by atoms with Crippen molar-refractivity contribution in [1.82, 2.24) is 4.37 Å². The van der Waals surface area contributed by atoms with E-state index in [-0.39, 0.29) is 6.04 Å². The second kappa shape index (κ2) is 5.73. The first-order chi connectivity index (χ1) is 8.72. The minimum Gasteiger partial charge on any atom is -0.487 e. The fourth-order valence-electron chi connectivity index (χ4n) is 1.69. The van der Waals surface area contributed by atoms with E-state index < -0.39 is 0 Å². The average molecular weight is 263 g/mol. The van der Waals surface area contributed by atoms with Crippen LogP contribution >= 0.6 is 11.5 Å². The van der Waals surface area contributed by atoms with Gasteiger partial charge in [-0.3, -0.25) is 0 Å². The van der Waals surface area contributed by atoms with E-state index >= 15 is 0 Å². The Morgan fingerprint density at radius 3 is 2.78 bits per heavy atom. The van der Waals surface area contributed by atoms with Gasteiger partial charge in [-0.25, -0.2) is 0 Å². The Balaban J connectivity index is 2.14. The van der Waals surface area contributed by atoms with Crippen molar-refractivity contribution in [3.05, 3.63) is 35.9 Å². The Hall–Kier alpha value is -1.75. The maximum atomic E-state index is 5.78. The number of nitrogens with zero attached hydrogens (tertiary/aromatic N) is 1. The summed E-state index contributed by atoms with van der Waals surface area (Å²) in [6.45, 7) is 4.61. The molecule has 0 fully saturated rings. The topological polar surface area (TPSA) is 60.2 Å². The normalized spacial score (nSPS) is 12.1. The summed E-state index contributed by atoms with van der Waals surface area (Å²) in [4.78, 5) is 0. The van der Waals surface area contributed by atoms with Crippen LogP contribution in [0.25, 0.3) is 0 Å². The molecule has 2 aromatic rings. The molecule has 0 aliphatic rings. The fraction of sp³-hybridized carbons (Fsp3) is 0.308. The number of nitrogen functional groups attached to an aromatic ring is 1. The molecular weight excluding hydrogens is 246 g/mol. The molecular formula is C13H17N3OS. The van der Waals surface area contributed by atoms with Crippen LogP contribution in [0.15, 0.2) is 30.3 Å². The molecule has 0 amide bonds. The summed E-state index contributed by atoms with van der Waals surface area (Å²) in [5.74, 6) is 1.11. The number of nitrogens with two attached hydrogens (primary N) is 1. The van der Waals surface area contributed by atoms with Crippen LogP contribution in [0.4, 0.5) is 10.8 Å². The highest BCUT2D eigenvalue weighted by Gasteiger charge is 2.15. The van der Waals surface area contributed by atoms with Gasteiger partial charge in [0.15, 0.2) is 16.6 Å². The Bertz CT molecular complexity index is 498. The molecule has 96 valence electrons. The van der Waals surface area contributed by atoms with Crippen LogP contribution in [-0.2, 0) is 0 Å². The monoisotopic (exact) mass is 263 g/mol. The summed E-state index contributed by atoms with van der Waals surface area (Å²) in [6, 6.07) is 10.4. The van der Waals surface area contributed by atoms with Crippen LogP contribution in [0.3, 0.4) is 0 Å². The molecule has 0 saturated heterocycles. The van der Waals surface area contributed by atoms with Gasteiger partial charge in [0, 0.05) is 6.04 Å². The molecule has 18 heavy (non-hydrogen) atoms. The van der Waals surface area contributed by atoms with E-state index in [9.17, 15) is 0 Å². The zero-order valence-corrected chi connectivity index (χ0v) is 11.3. The van der Waals surface area contributed by atoms with Crippen LogP contribution in [0, 0.1) is 0 Å². The summed E-state index contributed by atoms with van der Waals surface area (Å²) in [6.07, 6.45) is 0. The van der Waals surface area contributed by atoms with Crippen LogP contribution < -0.4 is 15.8 Å². The molecule has 2 rings (SSSR count). The molecule has 5 heteroatoms.